The summed E-state index contributed by atoms with van der Waals surface area (Å²) < 4.78 is 0. The minimum absolute atomic E-state index is 0.132. The molecule has 0 rings (SSSR count). The molecule has 2 N–H and O–H groups in total. The molecule has 0 aromatic rings. The first-order chi connectivity index (χ1) is 7.14. The Kier molecular flexibility index (Phi) is 5.20. The molecule has 3 heteroatoms. The number of hydrogen-bond acceptors (Lipinski definition) is 2. The van der Waals surface area contributed by atoms with Crippen molar-refractivity contribution in [1.29, 1.82) is 0 Å². The fraction of sp³-hybridized carbons (Fsp3) is 0.769. The zero-order valence-electron chi connectivity index (χ0n) is 11.5. The molecule has 94 valence electrons. The van der Waals surface area contributed by atoms with E-state index in [4.69, 9.17) is 5.73 Å². The third-order valence-corrected chi connectivity index (χ3v) is 2.41. The first-order valence-electron chi connectivity index (χ1n) is 5.88. The van der Waals surface area contributed by atoms with Crippen LogP contribution in [0.4, 0.5) is 0 Å². The molecule has 0 saturated carbocycles. The van der Waals surface area contributed by atoms with Crippen molar-refractivity contribution in [1.82, 2.24) is 4.90 Å². The highest BCUT2D eigenvalue weighted by molar-refractivity contribution is 5.77. The SMILES string of the molecule is C/C=C\N(C(=O)CC)C(C)(C)CC(C)(C)N. The quantitative estimate of drug-likeness (QED) is 0.783. The van der Waals surface area contributed by atoms with Crippen LogP contribution in [-0.4, -0.2) is 21.9 Å². The van der Waals surface area contributed by atoms with E-state index in [1.54, 1.807) is 4.90 Å². The Labute approximate surface area is 99.7 Å². The summed E-state index contributed by atoms with van der Waals surface area (Å²) >= 11 is 0. The van der Waals surface area contributed by atoms with Gasteiger partial charge in [-0.25, -0.2) is 0 Å². The van der Waals surface area contributed by atoms with E-state index in [1.165, 1.54) is 0 Å². The molecule has 0 fully saturated rings. The van der Waals surface area contributed by atoms with Gasteiger partial charge >= 0.3 is 0 Å². The van der Waals surface area contributed by atoms with Gasteiger partial charge in [-0.15, -0.1) is 0 Å². The lowest BCUT2D eigenvalue weighted by Crippen LogP contribution is -2.50. The van der Waals surface area contributed by atoms with Gasteiger partial charge in [-0.2, -0.15) is 0 Å². The summed E-state index contributed by atoms with van der Waals surface area (Å²) in [5.41, 5.74) is 5.50. The van der Waals surface area contributed by atoms with Gasteiger partial charge in [0.1, 0.15) is 0 Å². The van der Waals surface area contributed by atoms with Crippen LogP contribution < -0.4 is 5.73 Å². The van der Waals surface area contributed by atoms with Gasteiger partial charge < -0.3 is 10.6 Å². The number of rotatable bonds is 5. The highest BCUT2D eigenvalue weighted by atomic mass is 16.2. The number of amides is 1. The van der Waals surface area contributed by atoms with Gasteiger partial charge in [-0.05, 0) is 41.0 Å². The van der Waals surface area contributed by atoms with Crippen LogP contribution in [0.2, 0.25) is 0 Å². The van der Waals surface area contributed by atoms with E-state index < -0.39 is 0 Å². The second kappa shape index (κ2) is 5.48. The zero-order valence-corrected chi connectivity index (χ0v) is 11.5. The van der Waals surface area contributed by atoms with Gasteiger partial charge in [0.15, 0.2) is 0 Å². The van der Waals surface area contributed by atoms with Gasteiger partial charge in [-0.3, -0.25) is 4.79 Å². The van der Waals surface area contributed by atoms with Crippen molar-refractivity contribution in [2.24, 2.45) is 5.73 Å². The summed E-state index contributed by atoms with van der Waals surface area (Å²) in [4.78, 5) is 13.7. The van der Waals surface area contributed by atoms with Crippen molar-refractivity contribution in [3.63, 3.8) is 0 Å². The minimum atomic E-state index is -0.280. The maximum absolute atomic E-state index is 11.9. The van der Waals surface area contributed by atoms with Crippen LogP contribution in [0.5, 0.6) is 0 Å². The van der Waals surface area contributed by atoms with Gasteiger partial charge in [0.05, 0.1) is 0 Å². The predicted octanol–water partition coefficient (Wildman–Crippen LogP) is 2.66. The number of carbonyl (C=O) groups is 1. The molecule has 0 spiro atoms. The molecule has 0 unspecified atom stereocenters. The smallest absolute Gasteiger partial charge is 0.226 e. The second-order valence-electron chi connectivity index (χ2n) is 5.58. The first kappa shape index (κ1) is 15.2. The maximum atomic E-state index is 11.9. The van der Waals surface area contributed by atoms with Crippen LogP contribution in [0.1, 0.15) is 54.4 Å². The Morgan fingerprint density at radius 2 is 1.81 bits per heavy atom. The van der Waals surface area contributed by atoms with Gasteiger partial charge in [0.2, 0.25) is 5.91 Å². The molecule has 0 aliphatic rings. The van der Waals surface area contributed by atoms with Crippen molar-refractivity contribution in [2.45, 2.75) is 65.5 Å². The molecular weight excluding hydrogens is 200 g/mol. The van der Waals surface area contributed by atoms with E-state index in [0.29, 0.717) is 6.42 Å². The molecule has 0 radical (unpaired) electrons. The molecule has 0 atom stereocenters. The molecule has 0 heterocycles. The Bertz CT molecular complexity index is 262. The number of hydrogen-bond donors (Lipinski definition) is 1. The van der Waals surface area contributed by atoms with Crippen LogP contribution in [0.3, 0.4) is 0 Å². The van der Waals surface area contributed by atoms with E-state index in [1.807, 2.05) is 40.0 Å². The molecular formula is C13H26N2O. The zero-order chi connectivity index (χ0) is 13.0. The normalized spacial score (nSPS) is 13.2. The van der Waals surface area contributed by atoms with Crippen LogP contribution in [0.15, 0.2) is 12.3 Å². The number of nitrogens with zero attached hydrogens (tertiary/aromatic N) is 1. The van der Waals surface area contributed by atoms with Gasteiger partial charge in [0.25, 0.3) is 0 Å². The lowest BCUT2D eigenvalue weighted by Gasteiger charge is -2.40. The van der Waals surface area contributed by atoms with Crippen LogP contribution >= 0.6 is 0 Å². The molecule has 0 aliphatic heterocycles. The fourth-order valence-corrected chi connectivity index (χ4v) is 2.14. The van der Waals surface area contributed by atoms with Gasteiger partial charge in [-0.1, -0.05) is 13.0 Å². The Hall–Kier alpha value is -0.830. The molecule has 1 amide bonds. The standard InChI is InChI=1S/C13H26N2O/c1-7-9-15(11(16)8-2)13(5,6)10-12(3,4)14/h7,9H,8,10,14H2,1-6H3/b9-7-. The fourth-order valence-electron chi connectivity index (χ4n) is 2.14. The summed E-state index contributed by atoms with van der Waals surface area (Å²) in [6.07, 6.45) is 5.01. The van der Waals surface area contributed by atoms with E-state index >= 15 is 0 Å². The molecule has 0 aliphatic carbocycles. The predicted molar refractivity (Wildman–Crippen MR) is 68.9 cm³/mol. The van der Waals surface area contributed by atoms with Crippen LogP contribution in [0, 0.1) is 0 Å². The van der Waals surface area contributed by atoms with Crippen molar-refractivity contribution in [3.8, 4) is 0 Å². The lowest BCUT2D eigenvalue weighted by molar-refractivity contribution is -0.133. The van der Waals surface area contributed by atoms with Crippen molar-refractivity contribution in [2.75, 3.05) is 0 Å². The van der Waals surface area contributed by atoms with Crippen molar-refractivity contribution >= 4 is 5.91 Å². The number of nitrogens with two attached hydrogens (primary N) is 1. The van der Waals surface area contributed by atoms with E-state index in [2.05, 4.69) is 13.8 Å². The monoisotopic (exact) mass is 226 g/mol. The Balaban J connectivity index is 4.96. The first-order valence-corrected chi connectivity index (χ1v) is 5.88. The molecule has 0 aromatic heterocycles. The lowest BCUT2D eigenvalue weighted by atomic mass is 9.86. The van der Waals surface area contributed by atoms with Crippen molar-refractivity contribution < 1.29 is 4.79 Å². The maximum Gasteiger partial charge on any atom is 0.226 e. The third kappa shape index (κ3) is 4.79. The molecule has 3 nitrogen and oxygen atoms in total. The van der Waals surface area contributed by atoms with Crippen molar-refractivity contribution in [3.05, 3.63) is 12.3 Å². The highest BCUT2D eigenvalue weighted by Crippen LogP contribution is 2.25. The third-order valence-electron chi connectivity index (χ3n) is 2.41. The van der Waals surface area contributed by atoms with Gasteiger partial charge in [0, 0.05) is 23.7 Å². The minimum Gasteiger partial charge on any atom is -0.325 e. The number of allylic oxidation sites excluding steroid dienone is 1. The highest BCUT2D eigenvalue weighted by Gasteiger charge is 2.32. The second-order valence-corrected chi connectivity index (χ2v) is 5.58. The molecule has 0 bridgehead atoms. The summed E-state index contributed by atoms with van der Waals surface area (Å²) in [6.45, 7) is 11.9. The molecule has 0 saturated heterocycles. The van der Waals surface area contributed by atoms with E-state index in [0.717, 1.165) is 6.42 Å². The average molecular weight is 226 g/mol. The van der Waals surface area contributed by atoms with E-state index in [-0.39, 0.29) is 17.0 Å². The largest absolute Gasteiger partial charge is 0.325 e. The van der Waals surface area contributed by atoms with E-state index in [9.17, 15) is 4.79 Å². The Morgan fingerprint density at radius 1 is 1.31 bits per heavy atom. The Morgan fingerprint density at radius 3 is 2.12 bits per heavy atom. The number of carbonyl (C=O) groups excluding carboxylic acids is 1. The van der Waals surface area contributed by atoms with Crippen LogP contribution in [0.25, 0.3) is 0 Å². The summed E-state index contributed by atoms with van der Waals surface area (Å²) in [6, 6.07) is 0. The summed E-state index contributed by atoms with van der Waals surface area (Å²) in [5.74, 6) is 0.132. The molecule has 0 aromatic carbocycles. The summed E-state index contributed by atoms with van der Waals surface area (Å²) in [5, 5.41) is 0. The summed E-state index contributed by atoms with van der Waals surface area (Å²) in [7, 11) is 0. The topological polar surface area (TPSA) is 46.3 Å². The average Bonchev–Trinajstić information content (AvgIpc) is 2.08. The molecule has 16 heavy (non-hydrogen) atoms. The van der Waals surface area contributed by atoms with Crippen LogP contribution in [-0.2, 0) is 4.79 Å².